The maximum absolute atomic E-state index is 12.3. The van der Waals surface area contributed by atoms with Gasteiger partial charge in [0.1, 0.15) is 23.8 Å². The summed E-state index contributed by atoms with van der Waals surface area (Å²) in [6.45, 7) is 20.0. The zero-order valence-electron chi connectivity index (χ0n) is 25.3. The summed E-state index contributed by atoms with van der Waals surface area (Å²) in [4.78, 5) is 36.7. The molecule has 2 unspecified atom stereocenters. The van der Waals surface area contributed by atoms with Crippen LogP contribution in [0.5, 0.6) is 0 Å². The maximum Gasteiger partial charge on any atom is 0.340 e. The Labute approximate surface area is 245 Å². The van der Waals surface area contributed by atoms with Crippen molar-refractivity contribution in [2.75, 3.05) is 11.9 Å². The molecule has 1 saturated heterocycles. The molecule has 3 heterocycles. The molecule has 4 atom stereocenters. The molecule has 226 valence electrons. The minimum absolute atomic E-state index is 0.0293. The van der Waals surface area contributed by atoms with E-state index in [0.29, 0.717) is 22.2 Å². The van der Waals surface area contributed by atoms with Crippen LogP contribution in [0.15, 0.2) is 6.33 Å². The number of fused-ring (bicyclic) bond motifs is 1. The normalized spacial score (nSPS) is 22.3. The van der Waals surface area contributed by atoms with Crippen molar-refractivity contribution in [3.63, 3.8) is 0 Å². The summed E-state index contributed by atoms with van der Waals surface area (Å²) in [5.41, 5.74) is 1.23. The lowest BCUT2D eigenvalue weighted by Gasteiger charge is -2.35. The number of imidazole rings is 1. The van der Waals surface area contributed by atoms with E-state index < -0.39 is 42.1 Å². The molecule has 1 fully saturated rings. The number of nitrogens with one attached hydrogen (secondary N) is 1. The molecule has 0 bridgehead atoms. The summed E-state index contributed by atoms with van der Waals surface area (Å²) in [6.07, 6.45) is -1.82. The Morgan fingerprint density at radius 3 is 2.25 bits per heavy atom. The van der Waals surface area contributed by atoms with E-state index in [1.807, 2.05) is 27.7 Å². The van der Waals surface area contributed by atoms with Crippen molar-refractivity contribution >= 4 is 52.2 Å². The molecule has 1 aliphatic rings. The summed E-state index contributed by atoms with van der Waals surface area (Å²) in [5, 5.41) is 14.4. The van der Waals surface area contributed by atoms with Crippen LogP contribution < -0.4 is 5.32 Å². The number of nitrogens with zero attached hydrogens (tertiary/aromatic N) is 4. The van der Waals surface area contributed by atoms with E-state index in [0.717, 1.165) is 0 Å². The van der Waals surface area contributed by atoms with Gasteiger partial charge in [0.15, 0.2) is 26.1 Å². The van der Waals surface area contributed by atoms with Crippen LogP contribution in [0, 0.1) is 5.92 Å². The molecule has 2 aromatic rings. The van der Waals surface area contributed by atoms with Gasteiger partial charge in [0.25, 0.3) is 0 Å². The van der Waals surface area contributed by atoms with Gasteiger partial charge in [-0.3, -0.25) is 14.7 Å². The van der Waals surface area contributed by atoms with E-state index in [1.165, 1.54) is 6.33 Å². The van der Waals surface area contributed by atoms with Crippen LogP contribution in [0.4, 0.5) is 5.95 Å². The lowest BCUT2D eigenvalue weighted by molar-refractivity contribution is -0.118. The Morgan fingerprint density at radius 1 is 1.12 bits per heavy atom. The summed E-state index contributed by atoms with van der Waals surface area (Å²) < 4.78 is 20.9. The highest BCUT2D eigenvalue weighted by atomic mass is 35.5. The molecule has 14 heteroatoms. The van der Waals surface area contributed by atoms with Gasteiger partial charge in [-0.2, -0.15) is 9.97 Å². The molecule has 0 saturated carbocycles. The highest BCUT2D eigenvalue weighted by Gasteiger charge is 2.50. The van der Waals surface area contributed by atoms with E-state index in [-0.39, 0.29) is 40.6 Å². The number of ether oxygens (including phenoxy) is 1. The van der Waals surface area contributed by atoms with Gasteiger partial charge in [0.05, 0.1) is 12.9 Å². The topological polar surface area (TPSA) is 141 Å². The zero-order chi connectivity index (χ0) is 30.1. The number of carbonyl (C=O) groups excluding carboxylic acids is 1. The number of aliphatic hydroxyl groups excluding tert-OH is 1. The molecule has 1 aliphatic heterocycles. The molecule has 0 aliphatic carbocycles. The summed E-state index contributed by atoms with van der Waals surface area (Å²) >= 11 is 6.39. The SMILES string of the molecule is CC(C)C(=O)Nc1nc(Cl)c2ncn([C@@H]3O[C@H](CO[Si](O)(C(C)C)C(C)C)C(O[SiH](C(C)C)C(C)C)C3O)c2n1. The number of carbonyl (C=O) groups is 1. The lowest BCUT2D eigenvalue weighted by Crippen LogP contribution is -2.49. The van der Waals surface area contributed by atoms with Crippen LogP contribution in [-0.4, -0.2) is 77.8 Å². The van der Waals surface area contributed by atoms with Crippen molar-refractivity contribution in [2.45, 2.75) is 116 Å². The van der Waals surface area contributed by atoms with Gasteiger partial charge in [-0.15, -0.1) is 0 Å². The Bertz CT molecular complexity index is 1150. The predicted molar refractivity (Wildman–Crippen MR) is 160 cm³/mol. The van der Waals surface area contributed by atoms with Crippen LogP contribution in [0.25, 0.3) is 11.2 Å². The quantitative estimate of drug-likeness (QED) is 0.232. The van der Waals surface area contributed by atoms with Gasteiger partial charge in [0, 0.05) is 5.92 Å². The molecular formula is C26H46ClN5O6Si2. The van der Waals surface area contributed by atoms with Crippen molar-refractivity contribution in [3.8, 4) is 0 Å². The lowest BCUT2D eigenvalue weighted by atomic mass is 10.1. The van der Waals surface area contributed by atoms with Crippen LogP contribution in [0.1, 0.15) is 75.5 Å². The first-order valence-corrected chi connectivity index (χ1v) is 18.3. The van der Waals surface area contributed by atoms with E-state index in [9.17, 15) is 14.7 Å². The van der Waals surface area contributed by atoms with Crippen molar-refractivity contribution in [3.05, 3.63) is 11.5 Å². The van der Waals surface area contributed by atoms with Crippen molar-refractivity contribution < 1.29 is 28.3 Å². The van der Waals surface area contributed by atoms with Crippen LogP contribution in [-0.2, 0) is 18.4 Å². The molecule has 2 aromatic heterocycles. The van der Waals surface area contributed by atoms with Gasteiger partial charge >= 0.3 is 8.56 Å². The average molecular weight is 616 g/mol. The van der Waals surface area contributed by atoms with Crippen molar-refractivity contribution in [1.82, 2.24) is 19.5 Å². The Balaban J connectivity index is 1.99. The first kappa shape index (κ1) is 33.1. The zero-order valence-corrected chi connectivity index (χ0v) is 28.2. The predicted octanol–water partition coefficient (Wildman–Crippen LogP) is 4.53. The Hall–Kier alpha value is -1.46. The second kappa shape index (κ2) is 13.2. The van der Waals surface area contributed by atoms with Gasteiger partial charge in [-0.25, -0.2) is 4.98 Å². The molecule has 11 nitrogen and oxygen atoms in total. The van der Waals surface area contributed by atoms with Gasteiger partial charge < -0.3 is 23.5 Å². The largest absolute Gasteiger partial charge is 0.411 e. The van der Waals surface area contributed by atoms with Gasteiger partial charge in [-0.05, 0) is 22.2 Å². The fourth-order valence-corrected chi connectivity index (χ4v) is 10.6. The average Bonchev–Trinajstić information content (AvgIpc) is 3.40. The molecule has 40 heavy (non-hydrogen) atoms. The third-order valence-electron chi connectivity index (χ3n) is 7.48. The fraction of sp³-hybridized carbons (Fsp3) is 0.769. The number of hydrogen-bond acceptors (Lipinski definition) is 9. The van der Waals surface area contributed by atoms with Gasteiger partial charge in [0.2, 0.25) is 11.9 Å². The highest BCUT2D eigenvalue weighted by molar-refractivity contribution is 6.68. The van der Waals surface area contributed by atoms with Gasteiger partial charge in [-0.1, -0.05) is 80.8 Å². The third kappa shape index (κ3) is 6.94. The number of halogens is 1. The number of hydrogen-bond donors (Lipinski definition) is 3. The summed E-state index contributed by atoms with van der Waals surface area (Å²) in [6, 6.07) is 0. The van der Waals surface area contributed by atoms with Crippen LogP contribution in [0.2, 0.25) is 27.3 Å². The summed E-state index contributed by atoms with van der Waals surface area (Å²) in [5.74, 6) is -0.496. The van der Waals surface area contributed by atoms with Crippen LogP contribution >= 0.6 is 11.6 Å². The fourth-order valence-electron chi connectivity index (χ4n) is 5.11. The molecule has 0 spiro atoms. The standard InChI is InChI=1S/C26H46ClN5O6Si2/c1-13(2)24(34)31-26-29-22(27)19-23(30-26)32(12-28-19)25-20(33)21(38-39(14(3)4)15(5)6)18(37-25)11-36-40(35,16(7)8)17(9)10/h12-18,20-21,25,33,35,39H,11H2,1-10H3,(H,29,30,31,34)/t18-,20?,21?,25-/m1/s1. The molecule has 3 rings (SSSR count). The number of amides is 1. The Morgan fingerprint density at radius 2 is 1.73 bits per heavy atom. The number of aromatic nitrogens is 4. The van der Waals surface area contributed by atoms with E-state index >= 15 is 0 Å². The van der Waals surface area contributed by atoms with Crippen molar-refractivity contribution in [2.24, 2.45) is 5.92 Å². The van der Waals surface area contributed by atoms with Crippen molar-refractivity contribution in [1.29, 1.82) is 0 Å². The van der Waals surface area contributed by atoms with Crippen LogP contribution in [0.3, 0.4) is 0 Å². The number of rotatable bonds is 12. The minimum Gasteiger partial charge on any atom is -0.411 e. The Kier molecular flexibility index (Phi) is 10.9. The molecule has 1 amide bonds. The second-order valence-electron chi connectivity index (χ2n) is 12.3. The van der Waals surface area contributed by atoms with E-state index in [1.54, 1.807) is 18.4 Å². The highest BCUT2D eigenvalue weighted by Crippen LogP contribution is 2.38. The smallest absolute Gasteiger partial charge is 0.340 e. The molecule has 0 aromatic carbocycles. The van der Waals surface area contributed by atoms with E-state index in [2.05, 4.69) is 48.0 Å². The number of aliphatic hydroxyl groups is 1. The molecule has 0 radical (unpaired) electrons. The van der Waals surface area contributed by atoms with E-state index in [4.69, 9.17) is 25.2 Å². The maximum atomic E-state index is 12.3. The second-order valence-corrected chi connectivity index (χ2v) is 20.6. The first-order chi connectivity index (χ1) is 18.6. The molecule has 3 N–H and O–H groups in total. The summed E-state index contributed by atoms with van der Waals surface area (Å²) in [7, 11) is -4.86. The molecular weight excluding hydrogens is 570 g/mol. The third-order valence-corrected chi connectivity index (χ3v) is 14.9. The minimum atomic E-state index is -3.08. The number of anilines is 1. The first-order valence-electron chi connectivity index (χ1n) is 14.1. The monoisotopic (exact) mass is 615 g/mol.